The van der Waals surface area contributed by atoms with E-state index >= 15 is 0 Å². The van der Waals surface area contributed by atoms with Gasteiger partial charge >= 0.3 is 0 Å². The van der Waals surface area contributed by atoms with E-state index in [0.717, 1.165) is 27.6 Å². The van der Waals surface area contributed by atoms with E-state index in [-0.39, 0.29) is 0 Å². The van der Waals surface area contributed by atoms with E-state index in [1.165, 1.54) is 0 Å². The summed E-state index contributed by atoms with van der Waals surface area (Å²) in [5.74, 6) is 1.01. The van der Waals surface area contributed by atoms with Gasteiger partial charge in [0.25, 0.3) is 5.95 Å². The Bertz CT molecular complexity index is 953. The highest BCUT2D eigenvalue weighted by atomic mass is 32.1. The summed E-state index contributed by atoms with van der Waals surface area (Å²) in [6.45, 7) is 3.87. The Labute approximate surface area is 136 Å². The normalized spacial score (nSPS) is 11.0. The van der Waals surface area contributed by atoms with Crippen molar-refractivity contribution >= 4 is 28.2 Å². The standard InChI is InChI=1S/C16H14N6S/c1-10-8-11(2)18-14(17-10)19-15-20-16-22(21-15)13(9-23-16)12-6-4-3-5-7-12/h3-9H,1-2H3,(H,17,18,19,21). The number of nitrogens with one attached hydrogen (secondary N) is 1. The second-order valence-corrected chi connectivity index (χ2v) is 6.05. The van der Waals surface area contributed by atoms with Gasteiger partial charge in [0, 0.05) is 22.3 Å². The summed E-state index contributed by atoms with van der Waals surface area (Å²) in [4.78, 5) is 14.0. The Morgan fingerprint density at radius 2 is 1.70 bits per heavy atom. The van der Waals surface area contributed by atoms with Gasteiger partial charge in [0.05, 0.1) is 5.69 Å². The maximum atomic E-state index is 4.53. The largest absolute Gasteiger partial charge is 0.291 e. The van der Waals surface area contributed by atoms with Gasteiger partial charge in [-0.3, -0.25) is 5.32 Å². The molecule has 0 amide bonds. The lowest BCUT2D eigenvalue weighted by Crippen LogP contribution is -2.01. The fourth-order valence-electron chi connectivity index (χ4n) is 2.42. The second-order valence-electron chi connectivity index (χ2n) is 5.22. The number of rotatable bonds is 3. The predicted molar refractivity (Wildman–Crippen MR) is 91.1 cm³/mol. The molecule has 114 valence electrons. The molecule has 1 N–H and O–H groups in total. The van der Waals surface area contributed by atoms with Crippen molar-refractivity contribution in [3.63, 3.8) is 0 Å². The first-order chi connectivity index (χ1) is 11.2. The maximum Gasteiger partial charge on any atom is 0.250 e. The molecule has 0 aliphatic carbocycles. The van der Waals surface area contributed by atoms with Crippen LogP contribution in [0.5, 0.6) is 0 Å². The number of hydrogen-bond donors (Lipinski definition) is 1. The van der Waals surface area contributed by atoms with E-state index in [2.05, 4.69) is 42.9 Å². The van der Waals surface area contributed by atoms with Gasteiger partial charge in [-0.2, -0.15) is 4.98 Å². The lowest BCUT2D eigenvalue weighted by atomic mass is 10.2. The molecule has 6 nitrogen and oxygen atoms in total. The van der Waals surface area contributed by atoms with Gasteiger partial charge in [-0.25, -0.2) is 14.5 Å². The Morgan fingerprint density at radius 1 is 0.957 bits per heavy atom. The first-order valence-corrected chi connectivity index (χ1v) is 8.06. The number of benzene rings is 1. The molecule has 1 aromatic carbocycles. The Kier molecular flexibility index (Phi) is 3.27. The molecule has 3 aromatic heterocycles. The molecule has 7 heteroatoms. The van der Waals surface area contributed by atoms with Gasteiger partial charge in [0.2, 0.25) is 10.9 Å². The lowest BCUT2D eigenvalue weighted by molar-refractivity contribution is 0.978. The van der Waals surface area contributed by atoms with Crippen LogP contribution in [0.25, 0.3) is 16.2 Å². The van der Waals surface area contributed by atoms with Gasteiger partial charge in [0.1, 0.15) is 0 Å². The number of aromatic nitrogens is 5. The number of nitrogens with zero attached hydrogens (tertiary/aromatic N) is 5. The fraction of sp³-hybridized carbons (Fsp3) is 0.125. The molecule has 0 aliphatic heterocycles. The molecule has 0 aliphatic rings. The lowest BCUT2D eigenvalue weighted by Gasteiger charge is -2.02. The summed E-state index contributed by atoms with van der Waals surface area (Å²) in [7, 11) is 0. The van der Waals surface area contributed by atoms with Gasteiger partial charge in [-0.05, 0) is 19.9 Å². The Morgan fingerprint density at radius 3 is 2.43 bits per heavy atom. The summed E-state index contributed by atoms with van der Waals surface area (Å²) >= 11 is 1.56. The number of aryl methyl sites for hydroxylation is 2. The molecule has 4 aromatic rings. The summed E-state index contributed by atoms with van der Waals surface area (Å²) < 4.78 is 1.84. The predicted octanol–water partition coefficient (Wildman–Crippen LogP) is 3.61. The minimum absolute atomic E-state index is 0.499. The highest BCUT2D eigenvalue weighted by Gasteiger charge is 2.12. The zero-order chi connectivity index (χ0) is 15.8. The van der Waals surface area contributed by atoms with E-state index in [0.29, 0.717) is 11.9 Å². The summed E-state index contributed by atoms with van der Waals surface area (Å²) in [6.07, 6.45) is 0. The molecule has 0 fully saturated rings. The van der Waals surface area contributed by atoms with Crippen molar-refractivity contribution < 1.29 is 0 Å². The average molecular weight is 322 g/mol. The maximum absolute atomic E-state index is 4.53. The van der Waals surface area contributed by atoms with E-state index < -0.39 is 0 Å². The molecule has 0 atom stereocenters. The van der Waals surface area contributed by atoms with Gasteiger partial charge in [-0.1, -0.05) is 30.3 Å². The van der Waals surface area contributed by atoms with Crippen molar-refractivity contribution in [2.45, 2.75) is 13.8 Å². The SMILES string of the molecule is Cc1cc(C)nc(Nc2nc3scc(-c4ccccc4)n3n2)n1. The van der Waals surface area contributed by atoms with Crippen LogP contribution in [-0.4, -0.2) is 24.6 Å². The molecular weight excluding hydrogens is 308 g/mol. The zero-order valence-corrected chi connectivity index (χ0v) is 13.5. The number of fused-ring (bicyclic) bond motifs is 1. The van der Waals surface area contributed by atoms with E-state index in [1.54, 1.807) is 11.3 Å². The van der Waals surface area contributed by atoms with Gasteiger partial charge < -0.3 is 0 Å². The van der Waals surface area contributed by atoms with Crippen LogP contribution in [-0.2, 0) is 0 Å². The van der Waals surface area contributed by atoms with E-state index in [9.17, 15) is 0 Å². The van der Waals surface area contributed by atoms with Crippen LogP contribution in [0.2, 0.25) is 0 Å². The number of thiazole rings is 1. The summed E-state index contributed by atoms with van der Waals surface area (Å²) in [5, 5.41) is 9.67. The van der Waals surface area contributed by atoms with Crippen LogP contribution in [0, 0.1) is 13.8 Å². The van der Waals surface area contributed by atoms with E-state index in [4.69, 9.17) is 0 Å². The molecule has 0 bridgehead atoms. The molecule has 4 rings (SSSR count). The zero-order valence-electron chi connectivity index (χ0n) is 12.7. The third-order valence-electron chi connectivity index (χ3n) is 3.36. The van der Waals surface area contributed by atoms with Crippen molar-refractivity contribution in [2.75, 3.05) is 5.32 Å². The van der Waals surface area contributed by atoms with Crippen LogP contribution in [0.1, 0.15) is 11.4 Å². The molecule has 3 heterocycles. The molecule has 0 saturated heterocycles. The van der Waals surface area contributed by atoms with Gasteiger partial charge in [-0.15, -0.1) is 16.4 Å². The summed E-state index contributed by atoms with van der Waals surface area (Å²) in [6, 6.07) is 12.1. The molecule has 0 radical (unpaired) electrons. The Balaban J connectivity index is 1.71. The molecule has 0 unspecified atom stereocenters. The minimum atomic E-state index is 0.499. The molecule has 0 spiro atoms. The first-order valence-electron chi connectivity index (χ1n) is 7.18. The van der Waals surface area contributed by atoms with Crippen LogP contribution < -0.4 is 5.32 Å². The third kappa shape index (κ3) is 2.66. The molecule has 23 heavy (non-hydrogen) atoms. The fourth-order valence-corrected chi connectivity index (χ4v) is 3.25. The van der Waals surface area contributed by atoms with E-state index in [1.807, 2.05) is 42.6 Å². The average Bonchev–Trinajstić information content (AvgIpc) is 3.06. The first kappa shape index (κ1) is 13.8. The molecule has 0 saturated carbocycles. The van der Waals surface area contributed by atoms with Gasteiger partial charge in [0.15, 0.2) is 0 Å². The van der Waals surface area contributed by atoms with Crippen molar-refractivity contribution in [1.29, 1.82) is 0 Å². The second kappa shape index (κ2) is 5.44. The molecular formula is C16H14N6S. The van der Waals surface area contributed by atoms with Crippen molar-refractivity contribution in [2.24, 2.45) is 0 Å². The van der Waals surface area contributed by atoms with Crippen molar-refractivity contribution in [1.82, 2.24) is 24.6 Å². The van der Waals surface area contributed by atoms with Crippen molar-refractivity contribution in [3.05, 3.63) is 53.2 Å². The third-order valence-corrected chi connectivity index (χ3v) is 4.17. The smallest absolute Gasteiger partial charge is 0.250 e. The van der Waals surface area contributed by atoms with Crippen LogP contribution in [0.4, 0.5) is 11.9 Å². The minimum Gasteiger partial charge on any atom is -0.291 e. The quantitative estimate of drug-likeness (QED) is 0.624. The van der Waals surface area contributed by atoms with Crippen molar-refractivity contribution in [3.8, 4) is 11.3 Å². The Hall–Kier alpha value is -2.80. The highest BCUT2D eigenvalue weighted by Crippen LogP contribution is 2.26. The van der Waals surface area contributed by atoms with Crippen LogP contribution >= 0.6 is 11.3 Å². The number of anilines is 2. The van der Waals surface area contributed by atoms with Crippen LogP contribution in [0.3, 0.4) is 0 Å². The topological polar surface area (TPSA) is 68.0 Å². The van der Waals surface area contributed by atoms with Crippen LogP contribution in [0.15, 0.2) is 41.8 Å². The monoisotopic (exact) mass is 322 g/mol. The summed E-state index contributed by atoms with van der Waals surface area (Å²) in [5.41, 5.74) is 3.95. The number of hydrogen-bond acceptors (Lipinski definition) is 6. The highest BCUT2D eigenvalue weighted by molar-refractivity contribution is 7.15.